The summed E-state index contributed by atoms with van der Waals surface area (Å²) in [5.41, 5.74) is -0.128. The molecule has 18 heavy (non-hydrogen) atoms. The normalized spacial score (nSPS) is 39.7. The Hall–Kier alpha value is -0.900. The molecule has 0 unspecified atom stereocenters. The van der Waals surface area contributed by atoms with Gasteiger partial charge < -0.3 is 10.2 Å². The van der Waals surface area contributed by atoms with Crippen molar-refractivity contribution >= 4 is 11.8 Å². The molecule has 0 amide bonds. The van der Waals surface area contributed by atoms with E-state index in [1.807, 2.05) is 0 Å². The van der Waals surface area contributed by atoms with Gasteiger partial charge in [-0.2, -0.15) is 0 Å². The van der Waals surface area contributed by atoms with Gasteiger partial charge in [0.1, 0.15) is 5.78 Å². The van der Waals surface area contributed by atoms with Gasteiger partial charge >= 0.3 is 5.97 Å². The predicted molar refractivity (Wildman–Crippen MR) is 66.1 cm³/mol. The smallest absolute Gasteiger partial charge is 0.303 e. The predicted octanol–water partition coefficient (Wildman–Crippen LogP) is 2.00. The Morgan fingerprint density at radius 2 is 2.17 bits per heavy atom. The lowest BCUT2D eigenvalue weighted by atomic mass is 9.60. The molecule has 2 rings (SSSR count). The molecule has 2 fully saturated rings. The molecule has 0 radical (unpaired) electrons. The number of ketones is 1. The van der Waals surface area contributed by atoms with Gasteiger partial charge in [0.2, 0.25) is 0 Å². The fourth-order valence-corrected chi connectivity index (χ4v) is 4.19. The number of aliphatic carboxylic acids is 1. The Kier molecular flexibility index (Phi) is 3.76. The van der Waals surface area contributed by atoms with Crippen LogP contribution in [0.5, 0.6) is 0 Å². The van der Waals surface area contributed by atoms with Crippen LogP contribution < -0.4 is 0 Å². The van der Waals surface area contributed by atoms with Crippen molar-refractivity contribution in [1.29, 1.82) is 0 Å². The van der Waals surface area contributed by atoms with Crippen LogP contribution in [-0.4, -0.2) is 28.1 Å². The molecule has 2 aliphatic carbocycles. The van der Waals surface area contributed by atoms with Gasteiger partial charge in [0.05, 0.1) is 6.10 Å². The average Bonchev–Trinajstić information content (AvgIpc) is 2.66. The maximum atomic E-state index is 12.0. The van der Waals surface area contributed by atoms with Gasteiger partial charge in [0.15, 0.2) is 0 Å². The molecular weight excluding hydrogens is 232 g/mol. The molecule has 102 valence electrons. The molecular formula is C14H22O4. The highest BCUT2D eigenvalue weighted by Crippen LogP contribution is 2.56. The number of carbonyl (C=O) groups excluding carboxylic acids is 1. The minimum Gasteiger partial charge on any atom is -0.481 e. The summed E-state index contributed by atoms with van der Waals surface area (Å²) in [6.07, 6.45) is 3.98. The molecule has 2 N–H and O–H groups in total. The summed E-state index contributed by atoms with van der Waals surface area (Å²) in [5, 5.41) is 19.0. The fourth-order valence-electron chi connectivity index (χ4n) is 4.19. The van der Waals surface area contributed by atoms with Crippen molar-refractivity contribution in [3.05, 3.63) is 0 Å². The van der Waals surface area contributed by atoms with Crippen molar-refractivity contribution in [2.24, 2.45) is 17.3 Å². The largest absolute Gasteiger partial charge is 0.481 e. The Morgan fingerprint density at radius 1 is 1.44 bits per heavy atom. The third-order valence-electron chi connectivity index (χ3n) is 5.22. The first-order chi connectivity index (χ1) is 8.51. The summed E-state index contributed by atoms with van der Waals surface area (Å²) in [6, 6.07) is 0. The van der Waals surface area contributed by atoms with Crippen molar-refractivity contribution < 1.29 is 19.8 Å². The summed E-state index contributed by atoms with van der Waals surface area (Å²) in [6.45, 7) is 2.07. The summed E-state index contributed by atoms with van der Waals surface area (Å²) in [4.78, 5) is 22.7. The number of fused-ring (bicyclic) bond motifs is 1. The lowest BCUT2D eigenvalue weighted by Crippen LogP contribution is -2.45. The third kappa shape index (κ3) is 2.07. The standard InChI is InChI=1S/C14H22O4/c1-2-14-8-7-11(15)9(3-6-13(17)18)10(14)4-5-12(14)16/h9-10,12,16H,2-8H2,1H3,(H,17,18)/t9-,10-,12-,14-/m0/s1. The van der Waals surface area contributed by atoms with Crippen LogP contribution in [0.3, 0.4) is 0 Å². The molecule has 2 aliphatic rings. The van der Waals surface area contributed by atoms with Crippen molar-refractivity contribution in [2.45, 2.75) is 58.0 Å². The molecule has 0 bridgehead atoms. The highest BCUT2D eigenvalue weighted by atomic mass is 16.4. The van der Waals surface area contributed by atoms with E-state index >= 15 is 0 Å². The fraction of sp³-hybridized carbons (Fsp3) is 0.857. The number of carbonyl (C=O) groups is 2. The second kappa shape index (κ2) is 5.00. The van der Waals surface area contributed by atoms with E-state index in [-0.39, 0.29) is 35.6 Å². The van der Waals surface area contributed by atoms with Gasteiger partial charge in [-0.05, 0) is 43.4 Å². The monoisotopic (exact) mass is 254 g/mol. The number of aliphatic hydroxyl groups is 1. The van der Waals surface area contributed by atoms with Crippen LogP contribution >= 0.6 is 0 Å². The number of hydrogen-bond donors (Lipinski definition) is 2. The van der Waals surface area contributed by atoms with E-state index in [9.17, 15) is 14.7 Å². The molecule has 4 nitrogen and oxygen atoms in total. The Balaban J connectivity index is 2.17. The Morgan fingerprint density at radius 3 is 2.78 bits per heavy atom. The van der Waals surface area contributed by atoms with Crippen molar-refractivity contribution in [3.63, 3.8) is 0 Å². The molecule has 0 spiro atoms. The van der Waals surface area contributed by atoms with Gasteiger partial charge in [0, 0.05) is 18.8 Å². The molecule has 0 aliphatic heterocycles. The van der Waals surface area contributed by atoms with Crippen LogP contribution in [0.25, 0.3) is 0 Å². The van der Waals surface area contributed by atoms with Crippen molar-refractivity contribution in [2.75, 3.05) is 0 Å². The Labute approximate surface area is 107 Å². The molecule has 4 heteroatoms. The summed E-state index contributed by atoms with van der Waals surface area (Å²) >= 11 is 0. The van der Waals surface area contributed by atoms with Gasteiger partial charge in [-0.3, -0.25) is 9.59 Å². The molecule has 0 aromatic heterocycles. The molecule has 2 saturated carbocycles. The van der Waals surface area contributed by atoms with Crippen LogP contribution in [0, 0.1) is 17.3 Å². The first-order valence-electron chi connectivity index (χ1n) is 6.94. The van der Waals surface area contributed by atoms with E-state index < -0.39 is 5.97 Å². The lowest BCUT2D eigenvalue weighted by molar-refractivity contribution is -0.139. The first kappa shape index (κ1) is 13.5. The molecule has 0 aromatic carbocycles. The maximum absolute atomic E-state index is 12.0. The summed E-state index contributed by atoms with van der Waals surface area (Å²) in [5.74, 6) is -0.585. The van der Waals surface area contributed by atoms with Gasteiger partial charge in [-0.1, -0.05) is 6.92 Å². The van der Waals surface area contributed by atoms with Crippen LogP contribution in [-0.2, 0) is 9.59 Å². The van der Waals surface area contributed by atoms with Crippen LogP contribution in [0.1, 0.15) is 51.9 Å². The second-order valence-electron chi connectivity index (χ2n) is 5.79. The minimum atomic E-state index is -0.839. The second-order valence-corrected chi connectivity index (χ2v) is 5.79. The zero-order chi connectivity index (χ0) is 13.3. The van der Waals surface area contributed by atoms with E-state index in [2.05, 4.69) is 6.92 Å². The van der Waals surface area contributed by atoms with Crippen molar-refractivity contribution in [3.8, 4) is 0 Å². The molecule has 0 saturated heterocycles. The topological polar surface area (TPSA) is 74.6 Å². The molecule has 4 atom stereocenters. The van der Waals surface area contributed by atoms with Gasteiger partial charge in [0.25, 0.3) is 0 Å². The van der Waals surface area contributed by atoms with E-state index in [4.69, 9.17) is 5.11 Å². The lowest BCUT2D eigenvalue weighted by Gasteiger charge is -2.44. The van der Waals surface area contributed by atoms with Crippen molar-refractivity contribution in [1.82, 2.24) is 0 Å². The third-order valence-corrected chi connectivity index (χ3v) is 5.22. The van der Waals surface area contributed by atoms with Crippen LogP contribution in [0.15, 0.2) is 0 Å². The summed E-state index contributed by atoms with van der Waals surface area (Å²) in [7, 11) is 0. The van der Waals surface area contributed by atoms with E-state index in [0.29, 0.717) is 12.8 Å². The van der Waals surface area contributed by atoms with Gasteiger partial charge in [-0.25, -0.2) is 0 Å². The van der Waals surface area contributed by atoms with E-state index in [1.165, 1.54) is 0 Å². The van der Waals surface area contributed by atoms with E-state index in [0.717, 1.165) is 25.7 Å². The quantitative estimate of drug-likeness (QED) is 0.804. The molecule has 0 heterocycles. The van der Waals surface area contributed by atoms with Gasteiger partial charge in [-0.15, -0.1) is 0 Å². The summed E-state index contributed by atoms with van der Waals surface area (Å²) < 4.78 is 0. The number of aliphatic hydroxyl groups excluding tert-OH is 1. The highest BCUT2D eigenvalue weighted by Gasteiger charge is 2.54. The SMILES string of the molecule is CC[C@]12CCC(=O)[C@@H](CCC(=O)O)[C@@H]1CC[C@@H]2O. The Bertz CT molecular complexity index is 352. The zero-order valence-electron chi connectivity index (χ0n) is 10.9. The maximum Gasteiger partial charge on any atom is 0.303 e. The highest BCUT2D eigenvalue weighted by molar-refractivity contribution is 5.83. The zero-order valence-corrected chi connectivity index (χ0v) is 10.9. The number of carboxylic acids is 1. The molecule has 0 aromatic rings. The van der Waals surface area contributed by atoms with Crippen LogP contribution in [0.4, 0.5) is 0 Å². The minimum absolute atomic E-state index is 0.0583. The number of Topliss-reactive ketones (excluding diaryl/α,β-unsaturated/α-hetero) is 1. The van der Waals surface area contributed by atoms with Crippen LogP contribution in [0.2, 0.25) is 0 Å². The van der Waals surface area contributed by atoms with E-state index in [1.54, 1.807) is 0 Å². The first-order valence-corrected chi connectivity index (χ1v) is 6.94. The average molecular weight is 254 g/mol. The number of rotatable bonds is 4. The number of carboxylic acid groups (broad SMARTS) is 1. The number of hydrogen-bond acceptors (Lipinski definition) is 3.